The quantitative estimate of drug-likeness (QED) is 0.562. The number of hydrogen-bond donors (Lipinski definition) is 0. The molecule has 0 saturated carbocycles. The molecule has 2 unspecified atom stereocenters. The molecule has 0 aromatic carbocycles. The van der Waals surface area contributed by atoms with Gasteiger partial charge in [0.15, 0.2) is 9.84 Å². The molecule has 2 saturated heterocycles. The zero-order valence-corrected chi connectivity index (χ0v) is 7.55. The van der Waals surface area contributed by atoms with Gasteiger partial charge >= 0.3 is 0 Å². The SMILES string of the molecule is N#CC1CC2CCC(C1)S2(=O)=O. The molecule has 2 aliphatic heterocycles. The molecule has 2 atom stereocenters. The summed E-state index contributed by atoms with van der Waals surface area (Å²) < 4.78 is 23.1. The summed E-state index contributed by atoms with van der Waals surface area (Å²) >= 11 is 0. The Kier molecular flexibility index (Phi) is 1.65. The van der Waals surface area contributed by atoms with Gasteiger partial charge in [0.05, 0.1) is 16.6 Å². The number of sulfone groups is 1. The molecule has 0 radical (unpaired) electrons. The summed E-state index contributed by atoms with van der Waals surface area (Å²) in [6, 6.07) is 2.18. The fraction of sp³-hybridized carbons (Fsp3) is 0.875. The van der Waals surface area contributed by atoms with E-state index in [1.165, 1.54) is 0 Å². The summed E-state index contributed by atoms with van der Waals surface area (Å²) in [6.45, 7) is 0. The van der Waals surface area contributed by atoms with Crippen molar-refractivity contribution < 1.29 is 8.42 Å². The van der Waals surface area contributed by atoms with Crippen molar-refractivity contribution >= 4 is 9.84 Å². The van der Waals surface area contributed by atoms with Crippen molar-refractivity contribution in [3.63, 3.8) is 0 Å². The summed E-state index contributed by atoms with van der Waals surface area (Å²) in [5.41, 5.74) is 0. The molecular weight excluding hydrogens is 174 g/mol. The highest BCUT2D eigenvalue weighted by molar-refractivity contribution is 7.93. The first kappa shape index (κ1) is 8.06. The van der Waals surface area contributed by atoms with Crippen LogP contribution >= 0.6 is 0 Å². The van der Waals surface area contributed by atoms with E-state index in [2.05, 4.69) is 6.07 Å². The highest BCUT2D eigenvalue weighted by Crippen LogP contribution is 2.40. The van der Waals surface area contributed by atoms with Crippen molar-refractivity contribution in [2.24, 2.45) is 5.92 Å². The Balaban J connectivity index is 2.30. The van der Waals surface area contributed by atoms with E-state index in [0.717, 1.165) is 12.8 Å². The maximum atomic E-state index is 11.5. The van der Waals surface area contributed by atoms with E-state index >= 15 is 0 Å². The van der Waals surface area contributed by atoms with Crippen LogP contribution in [0.5, 0.6) is 0 Å². The van der Waals surface area contributed by atoms with Gasteiger partial charge in [-0.05, 0) is 25.7 Å². The van der Waals surface area contributed by atoms with E-state index in [0.29, 0.717) is 12.8 Å². The average molecular weight is 185 g/mol. The van der Waals surface area contributed by atoms with E-state index < -0.39 is 9.84 Å². The number of rotatable bonds is 0. The van der Waals surface area contributed by atoms with Crippen molar-refractivity contribution in [2.45, 2.75) is 36.2 Å². The first-order chi connectivity index (χ1) is 5.64. The van der Waals surface area contributed by atoms with Gasteiger partial charge in [0.2, 0.25) is 0 Å². The first-order valence-corrected chi connectivity index (χ1v) is 5.88. The van der Waals surface area contributed by atoms with Crippen molar-refractivity contribution in [1.82, 2.24) is 0 Å². The second-order valence-corrected chi connectivity index (χ2v) is 6.22. The van der Waals surface area contributed by atoms with Gasteiger partial charge in [-0.15, -0.1) is 0 Å². The molecule has 2 heterocycles. The Morgan fingerprint density at radius 2 is 1.67 bits per heavy atom. The highest BCUT2D eigenvalue weighted by atomic mass is 32.2. The van der Waals surface area contributed by atoms with Crippen LogP contribution in [0.1, 0.15) is 25.7 Å². The smallest absolute Gasteiger partial charge is 0.156 e. The van der Waals surface area contributed by atoms with Crippen molar-refractivity contribution in [3.05, 3.63) is 0 Å². The van der Waals surface area contributed by atoms with E-state index in [1.807, 2.05) is 0 Å². The molecule has 0 N–H and O–H groups in total. The zero-order valence-electron chi connectivity index (χ0n) is 6.73. The minimum atomic E-state index is -2.82. The molecule has 12 heavy (non-hydrogen) atoms. The van der Waals surface area contributed by atoms with Gasteiger partial charge in [0, 0.05) is 5.92 Å². The molecule has 3 nitrogen and oxygen atoms in total. The van der Waals surface area contributed by atoms with Gasteiger partial charge in [0.1, 0.15) is 0 Å². The van der Waals surface area contributed by atoms with Crippen LogP contribution in [0.25, 0.3) is 0 Å². The van der Waals surface area contributed by atoms with Gasteiger partial charge in [0.25, 0.3) is 0 Å². The standard InChI is InChI=1S/C8H11NO2S/c9-5-6-3-7-1-2-8(4-6)12(7,10)11/h6-8H,1-4H2. The lowest BCUT2D eigenvalue weighted by Gasteiger charge is -2.22. The lowest BCUT2D eigenvalue weighted by molar-refractivity contribution is 0.497. The van der Waals surface area contributed by atoms with Crippen molar-refractivity contribution in [3.8, 4) is 6.07 Å². The molecule has 0 aromatic heterocycles. The van der Waals surface area contributed by atoms with E-state index in [4.69, 9.17) is 5.26 Å². The highest BCUT2D eigenvalue weighted by Gasteiger charge is 2.46. The number of nitrogens with zero attached hydrogens (tertiary/aromatic N) is 1. The lowest BCUT2D eigenvalue weighted by atomic mass is 10.0. The second-order valence-electron chi connectivity index (χ2n) is 3.71. The van der Waals surface area contributed by atoms with Crippen LogP contribution in [-0.2, 0) is 9.84 Å². The number of fused-ring (bicyclic) bond motifs is 2. The van der Waals surface area contributed by atoms with Crippen molar-refractivity contribution in [2.75, 3.05) is 0 Å². The third-order valence-electron chi connectivity index (χ3n) is 3.02. The molecule has 66 valence electrons. The largest absolute Gasteiger partial charge is 0.228 e. The monoisotopic (exact) mass is 185 g/mol. The minimum absolute atomic E-state index is 0.00831. The van der Waals surface area contributed by atoms with Crippen molar-refractivity contribution in [1.29, 1.82) is 5.26 Å². The van der Waals surface area contributed by atoms with Gasteiger partial charge in [-0.3, -0.25) is 0 Å². The summed E-state index contributed by atoms with van der Waals surface area (Å²) in [6.07, 6.45) is 2.72. The van der Waals surface area contributed by atoms with Gasteiger partial charge in [-0.25, -0.2) is 8.42 Å². The maximum Gasteiger partial charge on any atom is 0.156 e. The Hall–Kier alpha value is -0.560. The fourth-order valence-electron chi connectivity index (χ4n) is 2.31. The summed E-state index contributed by atoms with van der Waals surface area (Å²) in [5.74, 6) is -0.00831. The van der Waals surface area contributed by atoms with E-state index in [9.17, 15) is 8.42 Å². The Morgan fingerprint density at radius 3 is 2.08 bits per heavy atom. The summed E-state index contributed by atoms with van der Waals surface area (Å²) in [7, 11) is -2.82. The molecule has 0 spiro atoms. The minimum Gasteiger partial charge on any atom is -0.228 e. The second kappa shape index (κ2) is 2.46. The fourth-order valence-corrected chi connectivity index (χ4v) is 4.79. The number of nitriles is 1. The van der Waals surface area contributed by atoms with Crippen LogP contribution in [0.2, 0.25) is 0 Å². The van der Waals surface area contributed by atoms with Crippen LogP contribution in [0.15, 0.2) is 0 Å². The van der Waals surface area contributed by atoms with E-state index in [1.54, 1.807) is 0 Å². The molecule has 4 heteroatoms. The normalized spacial score (nSPS) is 43.8. The van der Waals surface area contributed by atoms with Crippen LogP contribution < -0.4 is 0 Å². The number of hydrogen-bond acceptors (Lipinski definition) is 3. The molecule has 2 rings (SSSR count). The van der Waals surface area contributed by atoms with Gasteiger partial charge < -0.3 is 0 Å². The van der Waals surface area contributed by atoms with E-state index in [-0.39, 0.29) is 16.4 Å². The molecule has 2 fully saturated rings. The predicted molar refractivity (Wildman–Crippen MR) is 44.1 cm³/mol. The molecular formula is C8H11NO2S. The molecule has 0 aromatic rings. The van der Waals surface area contributed by atoms with Crippen LogP contribution in [0, 0.1) is 17.2 Å². The van der Waals surface area contributed by atoms with Crippen LogP contribution in [0.3, 0.4) is 0 Å². The average Bonchev–Trinajstić information content (AvgIpc) is 2.29. The third-order valence-corrected chi connectivity index (χ3v) is 5.73. The zero-order chi connectivity index (χ0) is 8.77. The summed E-state index contributed by atoms with van der Waals surface area (Å²) in [4.78, 5) is 0. The predicted octanol–water partition coefficient (Wildman–Crippen LogP) is 0.866. The molecule has 2 bridgehead atoms. The first-order valence-electron chi connectivity index (χ1n) is 4.27. The Labute approximate surface area is 72.3 Å². The van der Waals surface area contributed by atoms with Crippen LogP contribution in [-0.4, -0.2) is 18.9 Å². The summed E-state index contributed by atoms with van der Waals surface area (Å²) in [5, 5.41) is 8.29. The van der Waals surface area contributed by atoms with Gasteiger partial charge in [-0.1, -0.05) is 0 Å². The molecule has 0 amide bonds. The maximum absolute atomic E-state index is 11.5. The van der Waals surface area contributed by atoms with Gasteiger partial charge in [-0.2, -0.15) is 5.26 Å². The molecule has 0 aliphatic carbocycles. The topological polar surface area (TPSA) is 57.9 Å². The lowest BCUT2D eigenvalue weighted by Crippen LogP contribution is -2.32. The molecule has 2 aliphatic rings. The Bertz CT molecular complexity index is 307. The Morgan fingerprint density at radius 1 is 1.17 bits per heavy atom. The van der Waals surface area contributed by atoms with Crippen LogP contribution in [0.4, 0.5) is 0 Å². The third kappa shape index (κ3) is 0.962.